The summed E-state index contributed by atoms with van der Waals surface area (Å²) in [7, 11) is 0. The van der Waals surface area contributed by atoms with Gasteiger partial charge in [0.2, 0.25) is 0 Å². The Hall–Kier alpha value is -0.760. The van der Waals surface area contributed by atoms with Crippen LogP contribution in [-0.4, -0.2) is 11.0 Å². The van der Waals surface area contributed by atoms with Crippen LogP contribution in [0.15, 0.2) is 18.3 Å². The molecular formula is C13H19ClN2. The maximum absolute atomic E-state index is 6.04. The Balaban J connectivity index is 2.02. The molecular weight excluding hydrogens is 220 g/mol. The first kappa shape index (κ1) is 11.7. The minimum absolute atomic E-state index is 0.542. The number of halogens is 1. The lowest BCUT2D eigenvalue weighted by Gasteiger charge is -2.32. The quantitative estimate of drug-likeness (QED) is 0.789. The van der Waals surface area contributed by atoms with E-state index >= 15 is 0 Å². The normalized spacial score (nSPS) is 30.1. The predicted molar refractivity (Wildman–Crippen MR) is 68.8 cm³/mol. The number of hydrogen-bond acceptors (Lipinski definition) is 2. The lowest BCUT2D eigenvalue weighted by Crippen LogP contribution is -2.30. The minimum atomic E-state index is 0.542. The largest absolute Gasteiger partial charge is 0.380 e. The first-order valence-corrected chi connectivity index (χ1v) is 6.40. The molecule has 2 rings (SSSR count). The fourth-order valence-electron chi connectivity index (χ4n) is 2.78. The van der Waals surface area contributed by atoms with Gasteiger partial charge in [0.1, 0.15) is 0 Å². The molecule has 1 fully saturated rings. The van der Waals surface area contributed by atoms with Crippen LogP contribution < -0.4 is 5.32 Å². The fraction of sp³-hybridized carbons (Fsp3) is 0.615. The van der Waals surface area contributed by atoms with E-state index in [0.29, 0.717) is 11.2 Å². The summed E-state index contributed by atoms with van der Waals surface area (Å²) in [5.41, 5.74) is 0.968. The SMILES string of the molecule is CC1CC(C)CC(Nc2cccnc2Cl)C1. The highest BCUT2D eigenvalue weighted by atomic mass is 35.5. The standard InChI is InChI=1S/C13H19ClN2/c1-9-6-10(2)8-11(7-9)16-12-4-3-5-15-13(12)14/h3-5,9-11,16H,6-8H2,1-2H3. The van der Waals surface area contributed by atoms with E-state index in [1.54, 1.807) is 6.20 Å². The van der Waals surface area contributed by atoms with Crippen LogP contribution in [0.4, 0.5) is 5.69 Å². The molecule has 1 N–H and O–H groups in total. The van der Waals surface area contributed by atoms with E-state index in [1.165, 1.54) is 19.3 Å². The van der Waals surface area contributed by atoms with Crippen LogP contribution in [0.3, 0.4) is 0 Å². The average Bonchev–Trinajstić information content (AvgIpc) is 2.20. The second-order valence-corrected chi connectivity index (χ2v) is 5.46. The van der Waals surface area contributed by atoms with Crippen molar-refractivity contribution in [3.8, 4) is 0 Å². The summed E-state index contributed by atoms with van der Waals surface area (Å²) in [6.07, 6.45) is 5.53. The molecule has 2 atom stereocenters. The summed E-state index contributed by atoms with van der Waals surface area (Å²) >= 11 is 6.04. The van der Waals surface area contributed by atoms with Gasteiger partial charge in [0.05, 0.1) is 5.69 Å². The Morgan fingerprint density at radius 1 is 1.25 bits per heavy atom. The molecule has 2 nitrogen and oxygen atoms in total. The van der Waals surface area contributed by atoms with E-state index in [4.69, 9.17) is 11.6 Å². The van der Waals surface area contributed by atoms with Gasteiger partial charge in [-0.2, -0.15) is 0 Å². The van der Waals surface area contributed by atoms with E-state index in [-0.39, 0.29) is 0 Å². The third-order valence-electron chi connectivity index (χ3n) is 3.30. The fourth-order valence-corrected chi connectivity index (χ4v) is 2.95. The molecule has 1 aromatic heterocycles. The van der Waals surface area contributed by atoms with Crippen LogP contribution >= 0.6 is 11.6 Å². The van der Waals surface area contributed by atoms with Gasteiger partial charge in [-0.3, -0.25) is 0 Å². The Morgan fingerprint density at radius 3 is 2.56 bits per heavy atom. The number of anilines is 1. The predicted octanol–water partition coefficient (Wildman–Crippen LogP) is 3.97. The van der Waals surface area contributed by atoms with Crippen molar-refractivity contribution in [1.29, 1.82) is 0 Å². The van der Waals surface area contributed by atoms with Gasteiger partial charge in [-0.15, -0.1) is 0 Å². The van der Waals surface area contributed by atoms with Crippen LogP contribution in [-0.2, 0) is 0 Å². The molecule has 0 amide bonds. The summed E-state index contributed by atoms with van der Waals surface area (Å²) in [5.74, 6) is 1.60. The van der Waals surface area contributed by atoms with Crippen molar-refractivity contribution < 1.29 is 0 Å². The number of aromatic nitrogens is 1. The third kappa shape index (κ3) is 2.88. The molecule has 0 spiro atoms. The van der Waals surface area contributed by atoms with Gasteiger partial charge in [0.25, 0.3) is 0 Å². The molecule has 0 aliphatic heterocycles. The van der Waals surface area contributed by atoms with Crippen molar-refractivity contribution in [2.45, 2.75) is 39.2 Å². The first-order valence-electron chi connectivity index (χ1n) is 6.02. The second kappa shape index (κ2) is 5.05. The van der Waals surface area contributed by atoms with Gasteiger partial charge in [-0.1, -0.05) is 25.4 Å². The van der Waals surface area contributed by atoms with Crippen LogP contribution in [0.5, 0.6) is 0 Å². The Bertz CT molecular complexity index is 344. The van der Waals surface area contributed by atoms with Gasteiger partial charge >= 0.3 is 0 Å². The van der Waals surface area contributed by atoms with E-state index in [0.717, 1.165) is 17.5 Å². The highest BCUT2D eigenvalue weighted by Crippen LogP contribution is 2.31. The van der Waals surface area contributed by atoms with Crippen molar-refractivity contribution in [2.24, 2.45) is 11.8 Å². The molecule has 1 saturated carbocycles. The van der Waals surface area contributed by atoms with Crippen molar-refractivity contribution in [2.75, 3.05) is 5.32 Å². The molecule has 16 heavy (non-hydrogen) atoms. The molecule has 1 aromatic rings. The summed E-state index contributed by atoms with van der Waals surface area (Å²) in [6.45, 7) is 4.66. The minimum Gasteiger partial charge on any atom is -0.380 e. The average molecular weight is 239 g/mol. The van der Waals surface area contributed by atoms with Gasteiger partial charge in [-0.05, 0) is 43.2 Å². The number of nitrogens with zero attached hydrogens (tertiary/aromatic N) is 1. The van der Waals surface area contributed by atoms with Crippen molar-refractivity contribution in [3.63, 3.8) is 0 Å². The Kier molecular flexibility index (Phi) is 3.70. The van der Waals surface area contributed by atoms with Crippen LogP contribution in [0, 0.1) is 11.8 Å². The molecule has 0 aromatic carbocycles. The topological polar surface area (TPSA) is 24.9 Å². The maximum Gasteiger partial charge on any atom is 0.152 e. The smallest absolute Gasteiger partial charge is 0.152 e. The van der Waals surface area contributed by atoms with Crippen molar-refractivity contribution in [3.05, 3.63) is 23.5 Å². The number of rotatable bonds is 2. The summed E-state index contributed by atoms with van der Waals surface area (Å²) in [4.78, 5) is 4.09. The van der Waals surface area contributed by atoms with Gasteiger partial charge in [0, 0.05) is 12.2 Å². The maximum atomic E-state index is 6.04. The van der Waals surface area contributed by atoms with E-state index < -0.39 is 0 Å². The van der Waals surface area contributed by atoms with Crippen molar-refractivity contribution in [1.82, 2.24) is 4.98 Å². The zero-order valence-electron chi connectivity index (χ0n) is 9.91. The highest BCUT2D eigenvalue weighted by molar-refractivity contribution is 6.31. The first-order chi connectivity index (χ1) is 7.65. The zero-order chi connectivity index (χ0) is 11.5. The van der Waals surface area contributed by atoms with Crippen molar-refractivity contribution >= 4 is 17.3 Å². The second-order valence-electron chi connectivity index (χ2n) is 5.10. The highest BCUT2D eigenvalue weighted by Gasteiger charge is 2.24. The zero-order valence-corrected chi connectivity index (χ0v) is 10.7. The molecule has 88 valence electrons. The van der Waals surface area contributed by atoms with Crippen LogP contribution in [0.25, 0.3) is 0 Å². The molecule has 0 radical (unpaired) electrons. The summed E-state index contributed by atoms with van der Waals surface area (Å²) < 4.78 is 0. The Morgan fingerprint density at radius 2 is 1.94 bits per heavy atom. The lowest BCUT2D eigenvalue weighted by atomic mass is 9.80. The molecule has 0 saturated heterocycles. The number of pyridine rings is 1. The van der Waals surface area contributed by atoms with Gasteiger partial charge in [-0.25, -0.2) is 4.98 Å². The molecule has 1 heterocycles. The molecule has 0 bridgehead atoms. The van der Waals surface area contributed by atoms with Gasteiger partial charge < -0.3 is 5.32 Å². The van der Waals surface area contributed by atoms with E-state index in [9.17, 15) is 0 Å². The van der Waals surface area contributed by atoms with Crippen LogP contribution in [0.2, 0.25) is 5.15 Å². The molecule has 1 aliphatic rings. The Labute approximate surface area is 102 Å². The van der Waals surface area contributed by atoms with Gasteiger partial charge in [0.15, 0.2) is 5.15 Å². The third-order valence-corrected chi connectivity index (χ3v) is 3.60. The molecule has 3 heteroatoms. The monoisotopic (exact) mass is 238 g/mol. The summed E-state index contributed by atoms with van der Waals surface area (Å²) in [6, 6.07) is 4.46. The molecule has 2 unspecified atom stereocenters. The number of hydrogen-bond donors (Lipinski definition) is 1. The van der Waals surface area contributed by atoms with Crippen LogP contribution in [0.1, 0.15) is 33.1 Å². The van der Waals surface area contributed by atoms with E-state index in [1.807, 2.05) is 12.1 Å². The lowest BCUT2D eigenvalue weighted by molar-refractivity contribution is 0.281. The number of nitrogens with one attached hydrogen (secondary N) is 1. The summed E-state index contributed by atoms with van der Waals surface area (Å²) in [5, 5.41) is 4.09. The van der Waals surface area contributed by atoms with E-state index in [2.05, 4.69) is 24.1 Å². The molecule has 1 aliphatic carbocycles.